The quantitative estimate of drug-likeness (QED) is 0.905. The Morgan fingerprint density at radius 1 is 1.43 bits per heavy atom. The van der Waals surface area contributed by atoms with E-state index in [9.17, 15) is 4.79 Å². The molecule has 114 valence electrons. The molecule has 0 saturated carbocycles. The second-order valence-corrected chi connectivity index (χ2v) is 6.90. The molecule has 1 N–H and O–H groups in total. The van der Waals surface area contributed by atoms with Crippen molar-refractivity contribution < 1.29 is 0 Å². The van der Waals surface area contributed by atoms with Crippen molar-refractivity contribution in [2.75, 3.05) is 26.2 Å². The van der Waals surface area contributed by atoms with Gasteiger partial charge in [-0.2, -0.15) is 0 Å². The van der Waals surface area contributed by atoms with Crippen molar-refractivity contribution in [2.24, 2.45) is 5.41 Å². The van der Waals surface area contributed by atoms with Gasteiger partial charge in [0.25, 0.3) is 5.56 Å². The lowest BCUT2D eigenvalue weighted by molar-refractivity contribution is 0.266. The topological polar surface area (TPSA) is 49.6 Å². The van der Waals surface area contributed by atoms with E-state index >= 15 is 0 Å². The number of halogens is 1. The molecule has 1 atom stereocenters. The van der Waals surface area contributed by atoms with Gasteiger partial charge in [0.05, 0.1) is 5.69 Å². The van der Waals surface area contributed by atoms with Crippen LogP contribution in [0.4, 0.5) is 0 Å². The van der Waals surface area contributed by atoms with Gasteiger partial charge in [-0.1, -0.05) is 0 Å². The highest BCUT2D eigenvalue weighted by Gasteiger charge is 2.40. The summed E-state index contributed by atoms with van der Waals surface area (Å²) >= 11 is 1.52. The van der Waals surface area contributed by atoms with Crippen LogP contribution in [0.25, 0.3) is 4.96 Å². The molecule has 0 radical (unpaired) electrons. The summed E-state index contributed by atoms with van der Waals surface area (Å²) in [6.07, 6.45) is 4.33. The number of nitrogens with zero attached hydrogens (tertiary/aromatic N) is 3. The second-order valence-electron chi connectivity index (χ2n) is 6.03. The third-order valence-electron chi connectivity index (χ3n) is 4.59. The summed E-state index contributed by atoms with van der Waals surface area (Å²) in [5.41, 5.74) is 1.41. The van der Waals surface area contributed by atoms with Crippen LogP contribution in [0, 0.1) is 5.41 Å². The Kier molecular flexibility index (Phi) is 4.05. The normalized spacial score (nSPS) is 25.7. The molecule has 0 aromatic carbocycles. The molecule has 1 unspecified atom stereocenters. The van der Waals surface area contributed by atoms with E-state index in [1.165, 1.54) is 24.2 Å². The lowest BCUT2D eigenvalue weighted by atomic mass is 9.87. The van der Waals surface area contributed by atoms with E-state index in [1.807, 2.05) is 5.38 Å². The third-order valence-corrected chi connectivity index (χ3v) is 5.35. The summed E-state index contributed by atoms with van der Waals surface area (Å²) in [5.74, 6) is 0. The van der Waals surface area contributed by atoms with Crippen LogP contribution < -0.4 is 10.9 Å². The highest BCUT2D eigenvalue weighted by atomic mass is 35.5. The summed E-state index contributed by atoms with van der Waals surface area (Å²) in [6, 6.07) is 1.68. The van der Waals surface area contributed by atoms with Crippen molar-refractivity contribution in [2.45, 2.75) is 19.4 Å². The summed E-state index contributed by atoms with van der Waals surface area (Å²) in [7, 11) is 0. The summed E-state index contributed by atoms with van der Waals surface area (Å²) in [6.45, 7) is 5.34. The van der Waals surface area contributed by atoms with E-state index in [0.717, 1.165) is 43.4 Å². The maximum absolute atomic E-state index is 12.0. The first-order chi connectivity index (χ1) is 9.74. The monoisotopic (exact) mass is 326 g/mol. The number of hydrogen-bond acceptors (Lipinski definition) is 5. The van der Waals surface area contributed by atoms with Crippen molar-refractivity contribution in [3.8, 4) is 0 Å². The highest BCUT2D eigenvalue weighted by molar-refractivity contribution is 7.15. The van der Waals surface area contributed by atoms with Gasteiger partial charge < -0.3 is 5.32 Å². The van der Waals surface area contributed by atoms with Crippen LogP contribution in [0.5, 0.6) is 0 Å². The lowest BCUT2D eigenvalue weighted by Gasteiger charge is -2.22. The van der Waals surface area contributed by atoms with E-state index in [4.69, 9.17) is 0 Å². The smallest absolute Gasteiger partial charge is 0.258 e. The van der Waals surface area contributed by atoms with Crippen LogP contribution in [-0.4, -0.2) is 40.5 Å². The largest absolute Gasteiger partial charge is 0.316 e. The third kappa shape index (κ3) is 2.73. The zero-order valence-electron chi connectivity index (χ0n) is 11.7. The Balaban J connectivity index is 0.00000132. The van der Waals surface area contributed by atoms with Crippen molar-refractivity contribution in [3.63, 3.8) is 0 Å². The number of thiazole rings is 1. The molecule has 0 aliphatic carbocycles. The number of hydrogen-bond donors (Lipinski definition) is 1. The fourth-order valence-electron chi connectivity index (χ4n) is 3.50. The summed E-state index contributed by atoms with van der Waals surface area (Å²) in [4.78, 5) is 19.8. The molecule has 2 aliphatic heterocycles. The Labute approximate surface area is 133 Å². The molecule has 2 aromatic heterocycles. The number of likely N-dealkylation sites (tertiary alicyclic amines) is 1. The maximum atomic E-state index is 12.0. The van der Waals surface area contributed by atoms with Crippen molar-refractivity contribution >= 4 is 28.7 Å². The molecule has 2 saturated heterocycles. The SMILES string of the molecule is Cl.O=c1cc(CN2CCC3(CCNC3)C2)nc2sccn12. The van der Waals surface area contributed by atoms with Crippen LogP contribution in [-0.2, 0) is 6.54 Å². The molecule has 7 heteroatoms. The summed E-state index contributed by atoms with van der Waals surface area (Å²) in [5, 5.41) is 5.38. The zero-order chi connectivity index (χ0) is 13.6. The van der Waals surface area contributed by atoms with Gasteiger partial charge in [0.15, 0.2) is 4.96 Å². The second kappa shape index (κ2) is 5.68. The minimum absolute atomic E-state index is 0. The van der Waals surface area contributed by atoms with Crippen LogP contribution in [0.3, 0.4) is 0 Å². The van der Waals surface area contributed by atoms with Gasteiger partial charge >= 0.3 is 0 Å². The van der Waals surface area contributed by atoms with Crippen LogP contribution in [0.2, 0.25) is 0 Å². The number of aromatic nitrogens is 2. The average Bonchev–Trinajstić information content (AvgIpc) is 3.12. The highest BCUT2D eigenvalue weighted by Crippen LogP contribution is 2.36. The van der Waals surface area contributed by atoms with Crippen molar-refractivity contribution in [3.05, 3.63) is 33.7 Å². The van der Waals surface area contributed by atoms with Gasteiger partial charge in [-0.15, -0.1) is 23.7 Å². The molecular weight excluding hydrogens is 308 g/mol. The van der Waals surface area contributed by atoms with E-state index in [1.54, 1.807) is 16.7 Å². The van der Waals surface area contributed by atoms with Crippen LogP contribution in [0.15, 0.2) is 22.4 Å². The van der Waals surface area contributed by atoms with Gasteiger partial charge in [0, 0.05) is 37.3 Å². The van der Waals surface area contributed by atoms with Crippen molar-refractivity contribution in [1.82, 2.24) is 19.6 Å². The standard InChI is InChI=1S/C14H18N4OS.ClH/c19-12-7-11(16-13-18(12)5-6-20-13)8-17-4-2-14(10-17)1-3-15-9-14;/h5-7,15H,1-4,8-10H2;1H. The fourth-order valence-corrected chi connectivity index (χ4v) is 4.24. The minimum Gasteiger partial charge on any atom is -0.316 e. The predicted octanol–water partition coefficient (Wildman–Crippen LogP) is 1.36. The molecule has 4 rings (SSSR count). The number of rotatable bonds is 2. The molecule has 0 amide bonds. The molecule has 4 heterocycles. The van der Waals surface area contributed by atoms with Gasteiger partial charge in [-0.25, -0.2) is 4.98 Å². The molecule has 5 nitrogen and oxygen atoms in total. The summed E-state index contributed by atoms with van der Waals surface area (Å²) < 4.78 is 1.61. The van der Waals surface area contributed by atoms with Gasteiger partial charge in [-0.3, -0.25) is 14.1 Å². The number of nitrogens with one attached hydrogen (secondary N) is 1. The van der Waals surface area contributed by atoms with Crippen LogP contribution >= 0.6 is 23.7 Å². The van der Waals surface area contributed by atoms with Crippen LogP contribution in [0.1, 0.15) is 18.5 Å². The Morgan fingerprint density at radius 3 is 3.14 bits per heavy atom. The Hall–Kier alpha value is -0.950. The lowest BCUT2D eigenvalue weighted by Crippen LogP contribution is -2.29. The van der Waals surface area contributed by atoms with Gasteiger partial charge in [0.1, 0.15) is 0 Å². The molecular formula is C14H19ClN4OS. The molecule has 0 bridgehead atoms. The van der Waals surface area contributed by atoms with E-state index in [0.29, 0.717) is 5.41 Å². The van der Waals surface area contributed by atoms with Gasteiger partial charge in [-0.05, 0) is 31.3 Å². The van der Waals surface area contributed by atoms with E-state index in [-0.39, 0.29) is 18.0 Å². The molecule has 2 fully saturated rings. The van der Waals surface area contributed by atoms with E-state index in [2.05, 4.69) is 15.2 Å². The Bertz CT molecular complexity index is 692. The number of fused-ring (bicyclic) bond motifs is 1. The predicted molar refractivity (Wildman–Crippen MR) is 86.4 cm³/mol. The minimum atomic E-state index is 0. The van der Waals surface area contributed by atoms with Gasteiger partial charge in [0.2, 0.25) is 0 Å². The molecule has 2 aliphatic rings. The first-order valence-corrected chi connectivity index (χ1v) is 8.01. The Morgan fingerprint density at radius 2 is 2.33 bits per heavy atom. The first kappa shape index (κ1) is 15.0. The maximum Gasteiger partial charge on any atom is 0.258 e. The fraction of sp³-hybridized carbons (Fsp3) is 0.571. The molecule has 1 spiro atoms. The molecule has 2 aromatic rings. The van der Waals surface area contributed by atoms with E-state index < -0.39 is 0 Å². The average molecular weight is 327 g/mol. The zero-order valence-corrected chi connectivity index (χ0v) is 13.4. The van der Waals surface area contributed by atoms with Crippen molar-refractivity contribution in [1.29, 1.82) is 0 Å². The first-order valence-electron chi connectivity index (χ1n) is 7.13. The molecule has 21 heavy (non-hydrogen) atoms.